The lowest BCUT2D eigenvalue weighted by atomic mass is 9.85. The number of nitrogens with one attached hydrogen (secondary N) is 1. The summed E-state index contributed by atoms with van der Waals surface area (Å²) in [5.41, 5.74) is 4.72. The van der Waals surface area contributed by atoms with Crippen molar-refractivity contribution in [2.75, 3.05) is 5.32 Å². The minimum absolute atomic E-state index is 0.0537. The fraction of sp³-hybridized carbons (Fsp3) is 0.538. The summed E-state index contributed by atoms with van der Waals surface area (Å²) < 4.78 is 13.7. The number of hydrogen-bond acceptors (Lipinski definition) is 2. The van der Waals surface area contributed by atoms with Crippen LogP contribution in [0.1, 0.15) is 92.0 Å². The highest BCUT2D eigenvalue weighted by Crippen LogP contribution is 2.51. The van der Waals surface area contributed by atoms with Crippen molar-refractivity contribution in [1.29, 1.82) is 0 Å². The minimum Gasteiger partial charge on any atom is -0.324 e. The second-order valence-corrected chi connectivity index (χ2v) is 10.1. The van der Waals surface area contributed by atoms with E-state index in [2.05, 4.69) is 19.2 Å². The second-order valence-electron chi connectivity index (χ2n) is 9.52. The minimum atomic E-state index is -0.223. The molecular weight excluding hydrogens is 411 g/mol. The Kier molecular flexibility index (Phi) is 6.66. The third-order valence-corrected chi connectivity index (χ3v) is 7.90. The topological polar surface area (TPSA) is 42.0 Å². The summed E-state index contributed by atoms with van der Waals surface area (Å²) >= 11 is 6.76. The van der Waals surface area contributed by atoms with Crippen molar-refractivity contribution in [3.63, 3.8) is 0 Å². The molecule has 31 heavy (non-hydrogen) atoms. The van der Waals surface area contributed by atoms with Crippen LogP contribution < -0.4 is 5.32 Å². The second kappa shape index (κ2) is 9.28. The smallest absolute Gasteiger partial charge is 0.224 e. The number of hydrogen-bond donors (Lipinski definition) is 1. The molecule has 2 aliphatic rings. The van der Waals surface area contributed by atoms with Gasteiger partial charge in [-0.1, -0.05) is 51.7 Å². The number of aromatic nitrogens is 1. The molecule has 166 valence electrons. The molecular formula is C26H32ClFN2O. The van der Waals surface area contributed by atoms with Crippen LogP contribution in [0.3, 0.4) is 0 Å². The zero-order valence-electron chi connectivity index (χ0n) is 18.6. The molecule has 0 saturated heterocycles. The van der Waals surface area contributed by atoms with Crippen molar-refractivity contribution >= 4 is 23.2 Å². The van der Waals surface area contributed by atoms with Gasteiger partial charge in [0.25, 0.3) is 0 Å². The molecule has 2 aromatic rings. The van der Waals surface area contributed by atoms with Crippen molar-refractivity contribution < 1.29 is 9.18 Å². The lowest BCUT2D eigenvalue weighted by molar-refractivity contribution is -0.117. The van der Waals surface area contributed by atoms with E-state index >= 15 is 0 Å². The number of anilines is 1. The third-order valence-electron chi connectivity index (χ3n) is 7.51. The Morgan fingerprint density at radius 2 is 2.03 bits per heavy atom. The van der Waals surface area contributed by atoms with Crippen molar-refractivity contribution in [3.8, 4) is 0 Å². The van der Waals surface area contributed by atoms with Gasteiger partial charge in [0.1, 0.15) is 5.82 Å². The van der Waals surface area contributed by atoms with E-state index in [0.29, 0.717) is 18.3 Å². The third kappa shape index (κ3) is 4.64. The zero-order valence-corrected chi connectivity index (χ0v) is 19.4. The predicted molar refractivity (Wildman–Crippen MR) is 124 cm³/mol. The summed E-state index contributed by atoms with van der Waals surface area (Å²) in [6, 6.07) is 6.77. The van der Waals surface area contributed by atoms with E-state index in [1.807, 2.05) is 13.0 Å². The van der Waals surface area contributed by atoms with Crippen LogP contribution in [0, 0.1) is 24.6 Å². The molecule has 4 atom stereocenters. The molecule has 0 spiro atoms. The molecule has 0 aliphatic heterocycles. The molecule has 2 aliphatic carbocycles. The molecule has 0 radical (unpaired) electrons. The average Bonchev–Trinajstić information content (AvgIpc) is 3.38. The number of rotatable bonds is 6. The molecule has 1 heterocycles. The summed E-state index contributed by atoms with van der Waals surface area (Å²) in [6.07, 6.45) is 8.14. The van der Waals surface area contributed by atoms with Crippen LogP contribution >= 0.6 is 11.6 Å². The Morgan fingerprint density at radius 1 is 1.29 bits per heavy atom. The van der Waals surface area contributed by atoms with Gasteiger partial charge in [0.15, 0.2) is 0 Å². The van der Waals surface area contributed by atoms with E-state index in [9.17, 15) is 9.18 Å². The van der Waals surface area contributed by atoms with Gasteiger partial charge < -0.3 is 5.32 Å². The predicted octanol–water partition coefficient (Wildman–Crippen LogP) is 7.25. The van der Waals surface area contributed by atoms with Gasteiger partial charge >= 0.3 is 0 Å². The summed E-state index contributed by atoms with van der Waals surface area (Å²) in [7, 11) is 0. The highest BCUT2D eigenvalue weighted by molar-refractivity contribution is 6.21. The first-order chi connectivity index (χ1) is 14.8. The monoisotopic (exact) mass is 442 g/mol. The van der Waals surface area contributed by atoms with E-state index in [1.54, 1.807) is 18.3 Å². The number of amides is 1. The number of benzene rings is 1. The number of carbonyl (C=O) groups excluding carboxylic acids is 1. The van der Waals surface area contributed by atoms with Gasteiger partial charge in [-0.15, -0.1) is 11.6 Å². The molecule has 5 heteroatoms. The molecule has 1 aromatic carbocycles. The highest BCUT2D eigenvalue weighted by atomic mass is 35.5. The van der Waals surface area contributed by atoms with Crippen LogP contribution in [0.15, 0.2) is 30.5 Å². The molecule has 4 rings (SSSR count). The molecule has 1 saturated carbocycles. The number of nitrogens with zero attached hydrogens (tertiary/aromatic N) is 1. The number of carbonyl (C=O) groups is 1. The molecule has 1 aromatic heterocycles. The van der Waals surface area contributed by atoms with Gasteiger partial charge in [-0.05, 0) is 59.9 Å². The summed E-state index contributed by atoms with van der Waals surface area (Å²) in [5.74, 6) is 1.14. The molecule has 1 fully saturated rings. The van der Waals surface area contributed by atoms with Gasteiger partial charge in [-0.3, -0.25) is 9.78 Å². The average molecular weight is 443 g/mol. The normalized spacial score (nSPS) is 22.9. The SMILES string of the molecule is Cc1c(NC(=O)CC(C)C2CCCC2)cnc2c1C(Cl)CC2C(C)c1cccc(F)c1. The summed E-state index contributed by atoms with van der Waals surface area (Å²) in [6.45, 7) is 6.31. The van der Waals surface area contributed by atoms with E-state index < -0.39 is 0 Å². The zero-order chi connectivity index (χ0) is 22.1. The Hall–Kier alpha value is -1.94. The first-order valence-corrected chi connectivity index (χ1v) is 12.0. The number of fused-ring (bicyclic) bond motifs is 1. The van der Waals surface area contributed by atoms with Crippen molar-refractivity contribution in [1.82, 2.24) is 4.98 Å². The molecule has 1 N–H and O–H groups in total. The Labute approximate surface area is 189 Å². The summed E-state index contributed by atoms with van der Waals surface area (Å²) in [5, 5.41) is 2.93. The maximum absolute atomic E-state index is 13.7. The highest BCUT2D eigenvalue weighted by Gasteiger charge is 2.37. The largest absolute Gasteiger partial charge is 0.324 e. The molecule has 1 amide bonds. The lowest BCUT2D eigenvalue weighted by Crippen LogP contribution is -2.20. The number of pyridine rings is 1. The van der Waals surface area contributed by atoms with Gasteiger partial charge in [0.2, 0.25) is 5.91 Å². The molecule has 4 unspecified atom stereocenters. The lowest BCUT2D eigenvalue weighted by Gasteiger charge is -2.21. The van der Waals surface area contributed by atoms with Crippen LogP contribution in [0.4, 0.5) is 10.1 Å². The van der Waals surface area contributed by atoms with Crippen molar-refractivity contribution in [3.05, 3.63) is 58.7 Å². The summed E-state index contributed by atoms with van der Waals surface area (Å²) in [4.78, 5) is 17.4. The Bertz CT molecular complexity index is 956. The number of halogens is 2. The fourth-order valence-corrected chi connectivity index (χ4v) is 6.02. The molecule has 0 bridgehead atoms. The van der Waals surface area contributed by atoms with E-state index in [0.717, 1.165) is 34.5 Å². The standard InChI is InChI=1S/C26H32ClFN2O/c1-15(18-7-4-5-8-18)11-24(31)30-23-14-29-26-21(13-22(27)25(26)17(23)3)16(2)19-9-6-10-20(28)12-19/h6,9-10,12,14-16,18,21-22H,4-5,7-8,11,13H2,1-3H3,(H,30,31). The first-order valence-electron chi connectivity index (χ1n) is 11.5. The maximum Gasteiger partial charge on any atom is 0.224 e. The van der Waals surface area contributed by atoms with Crippen LogP contribution in [-0.4, -0.2) is 10.9 Å². The van der Waals surface area contributed by atoms with E-state index in [1.165, 1.54) is 31.7 Å². The van der Waals surface area contributed by atoms with Gasteiger partial charge in [-0.2, -0.15) is 0 Å². The fourth-order valence-electron chi connectivity index (χ4n) is 5.56. The maximum atomic E-state index is 13.7. The molecule has 3 nitrogen and oxygen atoms in total. The van der Waals surface area contributed by atoms with Gasteiger partial charge in [-0.25, -0.2) is 4.39 Å². The van der Waals surface area contributed by atoms with E-state index in [-0.39, 0.29) is 28.9 Å². The van der Waals surface area contributed by atoms with Gasteiger partial charge in [0, 0.05) is 18.0 Å². The van der Waals surface area contributed by atoms with Crippen LogP contribution in [-0.2, 0) is 4.79 Å². The van der Waals surface area contributed by atoms with Crippen LogP contribution in [0.2, 0.25) is 0 Å². The first kappa shape index (κ1) is 22.3. The van der Waals surface area contributed by atoms with Crippen LogP contribution in [0.25, 0.3) is 0 Å². The van der Waals surface area contributed by atoms with E-state index in [4.69, 9.17) is 16.6 Å². The van der Waals surface area contributed by atoms with Gasteiger partial charge in [0.05, 0.1) is 17.3 Å². The van der Waals surface area contributed by atoms with Crippen LogP contribution in [0.5, 0.6) is 0 Å². The number of alkyl halides is 1. The van der Waals surface area contributed by atoms with Crippen molar-refractivity contribution in [2.45, 2.75) is 76.5 Å². The van der Waals surface area contributed by atoms with Crippen molar-refractivity contribution in [2.24, 2.45) is 11.8 Å². The Morgan fingerprint density at radius 3 is 2.74 bits per heavy atom. The quantitative estimate of drug-likeness (QED) is 0.478. The Balaban J connectivity index is 1.51.